The van der Waals surface area contributed by atoms with E-state index in [1.54, 1.807) is 0 Å². The molecule has 0 saturated heterocycles. The maximum atomic E-state index is 3.01. The molecular weight excluding hydrogens is 100 g/mol. The van der Waals surface area contributed by atoms with Gasteiger partial charge in [-0.25, -0.2) is 9.55 Å². The largest absolute Gasteiger partial charge is 0.250 e. The summed E-state index contributed by atoms with van der Waals surface area (Å²) in [6.07, 6.45) is 5.05. The summed E-state index contributed by atoms with van der Waals surface area (Å²) < 4.78 is 2.08. The summed E-state index contributed by atoms with van der Waals surface area (Å²) in [6, 6.07) is 0. The number of aromatic nitrogens is 2. The molecule has 0 radical (unpaired) electrons. The zero-order valence-corrected chi connectivity index (χ0v) is 5.31. The smallest absolute Gasteiger partial charge is 0.241 e. The van der Waals surface area contributed by atoms with E-state index in [0.29, 0.717) is 0 Å². The van der Waals surface area contributed by atoms with Crippen molar-refractivity contribution in [1.82, 2.24) is 4.98 Å². The van der Waals surface area contributed by atoms with E-state index < -0.39 is 0 Å². The summed E-state index contributed by atoms with van der Waals surface area (Å²) in [5.41, 5.74) is 1.34. The fourth-order valence-electron chi connectivity index (χ4n) is 0.781. The van der Waals surface area contributed by atoms with Crippen LogP contribution in [-0.2, 0) is 13.5 Å². The van der Waals surface area contributed by atoms with Gasteiger partial charge in [0.15, 0.2) is 0 Å². The van der Waals surface area contributed by atoms with Gasteiger partial charge < -0.3 is 0 Å². The first kappa shape index (κ1) is 5.35. The van der Waals surface area contributed by atoms with Crippen molar-refractivity contribution in [3.05, 3.63) is 18.2 Å². The minimum absolute atomic E-state index is 1.10. The molecule has 0 bridgehead atoms. The molecule has 8 heavy (non-hydrogen) atoms. The highest BCUT2D eigenvalue weighted by Gasteiger charge is 1.97. The van der Waals surface area contributed by atoms with Gasteiger partial charge in [-0.2, -0.15) is 0 Å². The van der Waals surface area contributed by atoms with Crippen molar-refractivity contribution in [3.63, 3.8) is 0 Å². The lowest BCUT2D eigenvalue weighted by Crippen LogP contribution is -2.29. The molecular formula is C6H11N2+. The molecule has 0 spiro atoms. The van der Waals surface area contributed by atoms with Gasteiger partial charge >= 0.3 is 0 Å². The van der Waals surface area contributed by atoms with Crippen LogP contribution in [-0.4, -0.2) is 4.98 Å². The Labute approximate surface area is 49.2 Å². The van der Waals surface area contributed by atoms with Crippen LogP contribution in [0.25, 0.3) is 0 Å². The van der Waals surface area contributed by atoms with Gasteiger partial charge in [-0.05, 0) is 0 Å². The molecule has 1 rings (SSSR count). The SMILES string of the molecule is CCc1c[nH]c[n+]1C. The lowest BCUT2D eigenvalue weighted by Gasteiger charge is -1.84. The lowest BCUT2D eigenvalue weighted by atomic mass is 10.4. The number of imidazole rings is 1. The first-order valence-electron chi connectivity index (χ1n) is 2.86. The topological polar surface area (TPSA) is 19.7 Å². The van der Waals surface area contributed by atoms with Gasteiger partial charge in [-0.15, -0.1) is 0 Å². The number of hydrogen-bond donors (Lipinski definition) is 1. The molecule has 44 valence electrons. The zero-order chi connectivity index (χ0) is 5.98. The minimum Gasteiger partial charge on any atom is -0.250 e. The summed E-state index contributed by atoms with van der Waals surface area (Å²) in [5.74, 6) is 0. The summed E-state index contributed by atoms with van der Waals surface area (Å²) in [7, 11) is 2.04. The molecule has 0 aliphatic heterocycles. The van der Waals surface area contributed by atoms with Crippen LogP contribution in [0.4, 0.5) is 0 Å². The van der Waals surface area contributed by atoms with Gasteiger partial charge in [-0.3, -0.25) is 0 Å². The third-order valence-electron chi connectivity index (χ3n) is 1.33. The quantitative estimate of drug-likeness (QED) is 0.506. The van der Waals surface area contributed by atoms with E-state index in [4.69, 9.17) is 0 Å². The number of nitrogens with zero attached hydrogens (tertiary/aromatic N) is 1. The Bertz CT molecular complexity index is 167. The van der Waals surface area contributed by atoms with E-state index in [-0.39, 0.29) is 0 Å². The second-order valence-electron chi connectivity index (χ2n) is 1.90. The predicted octanol–water partition coefficient (Wildman–Crippen LogP) is 0.402. The second-order valence-corrected chi connectivity index (χ2v) is 1.90. The maximum absolute atomic E-state index is 3.01. The molecule has 1 N–H and O–H groups in total. The van der Waals surface area contributed by atoms with Crippen molar-refractivity contribution in [2.75, 3.05) is 0 Å². The van der Waals surface area contributed by atoms with E-state index in [1.165, 1.54) is 5.69 Å². The number of rotatable bonds is 1. The van der Waals surface area contributed by atoms with Crippen LogP contribution < -0.4 is 4.57 Å². The van der Waals surface area contributed by atoms with Gasteiger partial charge in [0.05, 0.1) is 7.05 Å². The summed E-state index contributed by atoms with van der Waals surface area (Å²) in [4.78, 5) is 3.01. The van der Waals surface area contributed by atoms with Crippen LogP contribution in [0.1, 0.15) is 12.6 Å². The molecule has 0 aromatic carbocycles. The molecule has 0 saturated carbocycles. The molecule has 0 fully saturated rings. The lowest BCUT2D eigenvalue weighted by molar-refractivity contribution is -0.677. The van der Waals surface area contributed by atoms with E-state index in [2.05, 4.69) is 16.5 Å². The predicted molar refractivity (Wildman–Crippen MR) is 31.3 cm³/mol. The average Bonchev–Trinajstić information content (AvgIpc) is 2.14. The second kappa shape index (κ2) is 1.99. The minimum atomic E-state index is 1.10. The van der Waals surface area contributed by atoms with Crippen molar-refractivity contribution in [2.24, 2.45) is 7.05 Å². The van der Waals surface area contributed by atoms with Crippen molar-refractivity contribution in [1.29, 1.82) is 0 Å². The molecule has 0 aliphatic rings. The third-order valence-corrected chi connectivity index (χ3v) is 1.33. The fourth-order valence-corrected chi connectivity index (χ4v) is 0.781. The van der Waals surface area contributed by atoms with E-state index in [0.717, 1.165) is 6.42 Å². The van der Waals surface area contributed by atoms with Gasteiger partial charge in [0.25, 0.3) is 0 Å². The molecule has 1 heterocycles. The average molecular weight is 111 g/mol. The van der Waals surface area contributed by atoms with Crippen LogP contribution >= 0.6 is 0 Å². The number of aromatic amines is 1. The van der Waals surface area contributed by atoms with Crippen molar-refractivity contribution in [3.8, 4) is 0 Å². The highest BCUT2D eigenvalue weighted by atomic mass is 15.0. The first-order chi connectivity index (χ1) is 3.84. The highest BCUT2D eigenvalue weighted by Crippen LogP contribution is 1.85. The highest BCUT2D eigenvalue weighted by molar-refractivity contribution is 4.83. The Morgan fingerprint density at radius 2 is 2.50 bits per heavy atom. The Morgan fingerprint density at radius 3 is 2.75 bits per heavy atom. The molecule has 1 aromatic rings. The number of nitrogens with one attached hydrogen (secondary N) is 1. The first-order valence-corrected chi connectivity index (χ1v) is 2.86. The van der Waals surface area contributed by atoms with E-state index in [9.17, 15) is 0 Å². The van der Waals surface area contributed by atoms with Crippen molar-refractivity contribution in [2.45, 2.75) is 13.3 Å². The molecule has 0 amide bonds. The monoisotopic (exact) mass is 111 g/mol. The summed E-state index contributed by atoms with van der Waals surface area (Å²) in [5, 5.41) is 0. The van der Waals surface area contributed by atoms with Crippen LogP contribution in [0.3, 0.4) is 0 Å². The standard InChI is InChI=1S/C6H10N2/c1-3-6-4-7-5-8(6)2/h4-5H,3H2,1-2H3/p+1. The number of H-pyrrole nitrogens is 1. The Balaban J connectivity index is 2.92. The van der Waals surface area contributed by atoms with E-state index in [1.807, 2.05) is 19.6 Å². The molecule has 0 unspecified atom stereocenters. The Morgan fingerprint density at radius 1 is 1.75 bits per heavy atom. The van der Waals surface area contributed by atoms with Crippen molar-refractivity contribution >= 4 is 0 Å². The Kier molecular flexibility index (Phi) is 1.33. The molecule has 0 atom stereocenters. The zero-order valence-electron chi connectivity index (χ0n) is 5.31. The summed E-state index contributed by atoms with van der Waals surface area (Å²) in [6.45, 7) is 2.14. The molecule has 2 heteroatoms. The Hall–Kier alpha value is -0.790. The van der Waals surface area contributed by atoms with Crippen LogP contribution in [0.2, 0.25) is 0 Å². The van der Waals surface area contributed by atoms with E-state index >= 15 is 0 Å². The normalized spacial score (nSPS) is 9.75. The van der Waals surface area contributed by atoms with Gasteiger partial charge in [0.1, 0.15) is 11.9 Å². The molecule has 1 aromatic heterocycles. The molecule has 0 aliphatic carbocycles. The van der Waals surface area contributed by atoms with Gasteiger partial charge in [-0.1, -0.05) is 6.92 Å². The maximum Gasteiger partial charge on any atom is 0.241 e. The third kappa shape index (κ3) is 0.735. The fraction of sp³-hybridized carbons (Fsp3) is 0.500. The number of hydrogen-bond acceptors (Lipinski definition) is 0. The molecule has 2 nitrogen and oxygen atoms in total. The van der Waals surface area contributed by atoms with Crippen LogP contribution in [0.15, 0.2) is 12.5 Å². The van der Waals surface area contributed by atoms with Crippen LogP contribution in [0, 0.1) is 0 Å². The summed E-state index contributed by atoms with van der Waals surface area (Å²) >= 11 is 0. The van der Waals surface area contributed by atoms with Gasteiger partial charge in [0.2, 0.25) is 6.33 Å². The number of aryl methyl sites for hydroxylation is 2. The van der Waals surface area contributed by atoms with Gasteiger partial charge in [0, 0.05) is 6.42 Å². The van der Waals surface area contributed by atoms with Crippen molar-refractivity contribution < 1.29 is 4.57 Å². The van der Waals surface area contributed by atoms with Crippen LogP contribution in [0.5, 0.6) is 0 Å².